The van der Waals surface area contributed by atoms with E-state index in [4.69, 9.17) is 4.74 Å². The van der Waals surface area contributed by atoms with Gasteiger partial charge in [0.1, 0.15) is 17.3 Å². The predicted molar refractivity (Wildman–Crippen MR) is 67.6 cm³/mol. The molecule has 0 aromatic carbocycles. The van der Waals surface area contributed by atoms with E-state index in [1.54, 1.807) is 20.8 Å². The molecule has 19 heavy (non-hydrogen) atoms. The van der Waals surface area contributed by atoms with E-state index >= 15 is 0 Å². The molecule has 1 saturated heterocycles. The first kappa shape index (κ1) is 15.5. The van der Waals surface area contributed by atoms with Crippen LogP contribution in [-0.4, -0.2) is 48.5 Å². The molecule has 1 fully saturated rings. The van der Waals surface area contributed by atoms with Crippen LogP contribution in [0.1, 0.15) is 33.6 Å². The van der Waals surface area contributed by atoms with E-state index in [0.717, 1.165) is 0 Å². The van der Waals surface area contributed by atoms with Crippen LogP contribution in [0.15, 0.2) is 0 Å². The third-order valence-electron chi connectivity index (χ3n) is 2.78. The molecule has 0 radical (unpaired) electrons. The standard InChI is InChI=1S/C13H21NO5/c1-13(2,3)19-12(17)14-7-5-6-10(15)9(8-14)11(16)18-4/h9H,5-8H2,1-4H3. The maximum Gasteiger partial charge on any atom is 0.410 e. The molecule has 0 aliphatic carbocycles. The lowest BCUT2D eigenvalue weighted by Gasteiger charge is -2.27. The summed E-state index contributed by atoms with van der Waals surface area (Å²) in [6.45, 7) is 5.75. The quantitative estimate of drug-likeness (QED) is 0.532. The minimum Gasteiger partial charge on any atom is -0.468 e. The number of carbonyl (C=O) groups is 3. The summed E-state index contributed by atoms with van der Waals surface area (Å²) in [5.41, 5.74) is -0.603. The molecule has 6 nitrogen and oxygen atoms in total. The zero-order chi connectivity index (χ0) is 14.6. The lowest BCUT2D eigenvalue weighted by molar-refractivity contribution is -0.149. The zero-order valence-electron chi connectivity index (χ0n) is 11.9. The Kier molecular flexibility index (Phi) is 4.91. The number of ether oxygens (including phenoxy) is 2. The Bertz CT molecular complexity index is 372. The minimum absolute atomic E-state index is 0.0282. The van der Waals surface area contributed by atoms with E-state index in [9.17, 15) is 14.4 Å². The van der Waals surface area contributed by atoms with Crippen molar-refractivity contribution in [2.75, 3.05) is 20.2 Å². The summed E-state index contributed by atoms with van der Waals surface area (Å²) >= 11 is 0. The Balaban J connectivity index is 2.77. The van der Waals surface area contributed by atoms with Crippen molar-refractivity contribution < 1.29 is 23.9 Å². The highest BCUT2D eigenvalue weighted by molar-refractivity contribution is 5.99. The summed E-state index contributed by atoms with van der Waals surface area (Å²) in [5.74, 6) is -1.68. The molecule has 0 aromatic heterocycles. The topological polar surface area (TPSA) is 72.9 Å². The molecule has 0 saturated carbocycles. The van der Waals surface area contributed by atoms with Crippen LogP contribution >= 0.6 is 0 Å². The SMILES string of the molecule is COC(=O)C1CN(C(=O)OC(C)(C)C)CCCC1=O. The van der Waals surface area contributed by atoms with Crippen molar-refractivity contribution in [1.29, 1.82) is 0 Å². The Labute approximate surface area is 113 Å². The summed E-state index contributed by atoms with van der Waals surface area (Å²) in [4.78, 5) is 36.7. The second kappa shape index (κ2) is 6.04. The normalized spacial score (nSPS) is 20.7. The number of nitrogens with zero attached hydrogens (tertiary/aromatic N) is 1. The van der Waals surface area contributed by atoms with Gasteiger partial charge in [0, 0.05) is 19.5 Å². The van der Waals surface area contributed by atoms with Crippen LogP contribution < -0.4 is 0 Å². The highest BCUT2D eigenvalue weighted by atomic mass is 16.6. The summed E-state index contributed by atoms with van der Waals surface area (Å²) in [6, 6.07) is 0. The van der Waals surface area contributed by atoms with E-state index in [-0.39, 0.29) is 18.7 Å². The molecule has 1 aliphatic heterocycles. The lowest BCUT2D eigenvalue weighted by Crippen LogP contribution is -2.41. The first-order chi connectivity index (χ1) is 8.74. The number of likely N-dealkylation sites (tertiary alicyclic amines) is 1. The Morgan fingerprint density at radius 3 is 2.47 bits per heavy atom. The maximum atomic E-state index is 12.0. The summed E-state index contributed by atoms with van der Waals surface area (Å²) in [7, 11) is 1.23. The molecule has 0 N–H and O–H groups in total. The minimum atomic E-state index is -0.903. The van der Waals surface area contributed by atoms with Crippen LogP contribution in [0.3, 0.4) is 0 Å². The fraction of sp³-hybridized carbons (Fsp3) is 0.769. The summed E-state index contributed by atoms with van der Waals surface area (Å²) in [5, 5.41) is 0. The van der Waals surface area contributed by atoms with Gasteiger partial charge in [0.2, 0.25) is 0 Å². The Hall–Kier alpha value is -1.59. The van der Waals surface area contributed by atoms with Gasteiger partial charge in [0.05, 0.1) is 7.11 Å². The number of rotatable bonds is 1. The molecule has 1 aliphatic rings. The van der Waals surface area contributed by atoms with E-state index in [1.165, 1.54) is 12.0 Å². The van der Waals surface area contributed by atoms with E-state index in [1.807, 2.05) is 0 Å². The molecular weight excluding hydrogens is 250 g/mol. The van der Waals surface area contributed by atoms with Crippen molar-refractivity contribution in [2.24, 2.45) is 5.92 Å². The number of esters is 1. The third kappa shape index (κ3) is 4.54. The van der Waals surface area contributed by atoms with E-state index < -0.39 is 23.6 Å². The number of carbonyl (C=O) groups excluding carboxylic acids is 3. The smallest absolute Gasteiger partial charge is 0.410 e. The molecule has 1 amide bonds. The van der Waals surface area contributed by atoms with Gasteiger partial charge >= 0.3 is 12.1 Å². The molecule has 0 bridgehead atoms. The van der Waals surface area contributed by atoms with Crippen LogP contribution in [0.4, 0.5) is 4.79 Å². The Morgan fingerprint density at radius 1 is 1.32 bits per heavy atom. The second-order valence-corrected chi connectivity index (χ2v) is 5.57. The Morgan fingerprint density at radius 2 is 1.95 bits per heavy atom. The van der Waals surface area contributed by atoms with Gasteiger partial charge in [-0.2, -0.15) is 0 Å². The van der Waals surface area contributed by atoms with Crippen LogP contribution in [-0.2, 0) is 19.1 Å². The average molecular weight is 271 g/mol. The number of hydrogen-bond donors (Lipinski definition) is 0. The van der Waals surface area contributed by atoms with Crippen LogP contribution in [0.25, 0.3) is 0 Å². The fourth-order valence-corrected chi connectivity index (χ4v) is 1.87. The van der Waals surface area contributed by atoms with E-state index in [0.29, 0.717) is 13.0 Å². The average Bonchev–Trinajstić information content (AvgIpc) is 2.48. The van der Waals surface area contributed by atoms with Gasteiger partial charge < -0.3 is 14.4 Å². The molecule has 0 spiro atoms. The van der Waals surface area contributed by atoms with Crippen molar-refractivity contribution in [3.05, 3.63) is 0 Å². The molecule has 6 heteroatoms. The molecular formula is C13H21NO5. The van der Waals surface area contributed by atoms with Crippen LogP contribution in [0.5, 0.6) is 0 Å². The second-order valence-electron chi connectivity index (χ2n) is 5.57. The largest absolute Gasteiger partial charge is 0.468 e. The molecule has 1 atom stereocenters. The molecule has 1 heterocycles. The van der Waals surface area contributed by atoms with Gasteiger partial charge in [0.15, 0.2) is 0 Å². The third-order valence-corrected chi connectivity index (χ3v) is 2.78. The lowest BCUT2D eigenvalue weighted by atomic mass is 10.0. The van der Waals surface area contributed by atoms with Gasteiger partial charge in [-0.15, -0.1) is 0 Å². The van der Waals surface area contributed by atoms with Gasteiger partial charge in [-0.25, -0.2) is 4.79 Å². The van der Waals surface area contributed by atoms with Crippen LogP contribution in [0.2, 0.25) is 0 Å². The highest BCUT2D eigenvalue weighted by Gasteiger charge is 2.34. The molecule has 1 rings (SSSR count). The highest BCUT2D eigenvalue weighted by Crippen LogP contribution is 2.17. The molecule has 108 valence electrons. The van der Waals surface area contributed by atoms with Crippen LogP contribution in [0, 0.1) is 5.92 Å². The monoisotopic (exact) mass is 271 g/mol. The van der Waals surface area contributed by atoms with Gasteiger partial charge in [-0.1, -0.05) is 0 Å². The maximum absolute atomic E-state index is 12.0. The molecule has 1 unspecified atom stereocenters. The van der Waals surface area contributed by atoms with E-state index in [2.05, 4.69) is 4.74 Å². The number of amides is 1. The van der Waals surface area contributed by atoms with Crippen molar-refractivity contribution in [2.45, 2.75) is 39.2 Å². The fourth-order valence-electron chi connectivity index (χ4n) is 1.87. The zero-order valence-corrected chi connectivity index (χ0v) is 11.9. The van der Waals surface area contributed by atoms with Crippen molar-refractivity contribution in [1.82, 2.24) is 4.90 Å². The predicted octanol–water partition coefficient (Wildman–Crippen LogP) is 1.38. The number of methoxy groups -OCH3 is 1. The van der Waals surface area contributed by atoms with Crippen molar-refractivity contribution in [3.8, 4) is 0 Å². The first-order valence-electron chi connectivity index (χ1n) is 6.33. The number of Topliss-reactive ketones (excluding diaryl/α,β-unsaturated/α-hetero) is 1. The van der Waals surface area contributed by atoms with Gasteiger partial charge in [0.25, 0.3) is 0 Å². The van der Waals surface area contributed by atoms with Crippen molar-refractivity contribution >= 4 is 17.8 Å². The molecule has 0 aromatic rings. The summed E-state index contributed by atoms with van der Waals surface area (Å²) < 4.78 is 9.86. The van der Waals surface area contributed by atoms with Crippen molar-refractivity contribution in [3.63, 3.8) is 0 Å². The first-order valence-corrected chi connectivity index (χ1v) is 6.33. The number of ketones is 1. The number of hydrogen-bond acceptors (Lipinski definition) is 5. The summed E-state index contributed by atoms with van der Waals surface area (Å²) in [6.07, 6.45) is 0.307. The van der Waals surface area contributed by atoms with Gasteiger partial charge in [-0.05, 0) is 27.2 Å². The van der Waals surface area contributed by atoms with Gasteiger partial charge in [-0.3, -0.25) is 9.59 Å².